The smallest absolute Gasteiger partial charge is 0.258 e. The van der Waals surface area contributed by atoms with Gasteiger partial charge in [-0.05, 0) is 71.5 Å². The molecule has 0 aliphatic heterocycles. The topological polar surface area (TPSA) is 69.0 Å². The molecule has 3 aromatic rings. The Bertz CT molecular complexity index is 817. The summed E-state index contributed by atoms with van der Waals surface area (Å²) in [5.41, 5.74) is 1.92. The lowest BCUT2D eigenvalue weighted by atomic mass is 10.1. The minimum absolute atomic E-state index is 0.0119. The fourth-order valence-electron chi connectivity index (χ4n) is 2.30. The predicted octanol–water partition coefficient (Wildman–Crippen LogP) is 3.13. The van der Waals surface area contributed by atoms with E-state index in [1.165, 1.54) is 6.33 Å². The molecule has 1 heterocycles. The van der Waals surface area contributed by atoms with Gasteiger partial charge in [0.05, 0.1) is 11.7 Å². The molecule has 0 saturated heterocycles. The van der Waals surface area contributed by atoms with Gasteiger partial charge < -0.3 is 10.1 Å². The lowest BCUT2D eigenvalue weighted by Crippen LogP contribution is -2.31. The Morgan fingerprint density at radius 2 is 1.92 bits per heavy atom. The summed E-state index contributed by atoms with van der Waals surface area (Å²) < 4.78 is 8.30. The molecule has 1 aromatic heterocycles. The molecule has 128 valence electrons. The van der Waals surface area contributed by atoms with E-state index in [0.717, 1.165) is 14.8 Å². The van der Waals surface area contributed by atoms with E-state index < -0.39 is 0 Å². The summed E-state index contributed by atoms with van der Waals surface area (Å²) in [6, 6.07) is 15.3. The second-order valence-electron chi connectivity index (χ2n) is 5.46. The van der Waals surface area contributed by atoms with Gasteiger partial charge in [0.15, 0.2) is 6.61 Å². The molecule has 25 heavy (non-hydrogen) atoms. The summed E-state index contributed by atoms with van der Waals surface area (Å²) in [4.78, 5) is 16.0. The predicted molar refractivity (Wildman–Crippen MR) is 103 cm³/mol. The second-order valence-corrected chi connectivity index (χ2v) is 6.71. The highest BCUT2D eigenvalue weighted by Gasteiger charge is 2.10. The molecule has 1 amide bonds. The Morgan fingerprint density at radius 1 is 1.20 bits per heavy atom. The van der Waals surface area contributed by atoms with Crippen LogP contribution in [0.4, 0.5) is 0 Å². The van der Waals surface area contributed by atoms with E-state index in [-0.39, 0.29) is 18.6 Å². The summed E-state index contributed by atoms with van der Waals surface area (Å²) in [6.07, 6.45) is 3.13. The first-order valence-corrected chi connectivity index (χ1v) is 8.82. The number of amides is 1. The van der Waals surface area contributed by atoms with Crippen LogP contribution < -0.4 is 10.1 Å². The second kappa shape index (κ2) is 8.11. The van der Waals surface area contributed by atoms with Crippen LogP contribution in [0.1, 0.15) is 18.5 Å². The Hall–Kier alpha value is -2.42. The highest BCUT2D eigenvalue weighted by atomic mass is 127. The van der Waals surface area contributed by atoms with Crippen molar-refractivity contribution in [3.63, 3.8) is 0 Å². The maximum absolute atomic E-state index is 12.1. The Morgan fingerprint density at radius 3 is 2.56 bits per heavy atom. The number of hydrogen-bond donors (Lipinski definition) is 1. The third-order valence-corrected chi connectivity index (χ3v) is 4.36. The molecule has 1 atom stereocenters. The molecule has 6 nitrogen and oxygen atoms in total. The van der Waals surface area contributed by atoms with Crippen LogP contribution in [0, 0.1) is 3.57 Å². The van der Waals surface area contributed by atoms with E-state index >= 15 is 0 Å². The summed E-state index contributed by atoms with van der Waals surface area (Å²) >= 11 is 2.22. The minimum Gasteiger partial charge on any atom is -0.484 e. The van der Waals surface area contributed by atoms with Crippen LogP contribution in [0.25, 0.3) is 5.69 Å². The molecule has 2 aromatic carbocycles. The van der Waals surface area contributed by atoms with Crippen molar-refractivity contribution in [1.82, 2.24) is 20.1 Å². The molecule has 3 rings (SSSR count). The summed E-state index contributed by atoms with van der Waals surface area (Å²) in [5, 5.41) is 7.02. The molecular formula is C18H17IN4O2. The van der Waals surface area contributed by atoms with Crippen LogP contribution in [-0.4, -0.2) is 27.3 Å². The normalized spacial score (nSPS) is 11.8. The van der Waals surface area contributed by atoms with Crippen LogP contribution >= 0.6 is 22.6 Å². The van der Waals surface area contributed by atoms with Crippen molar-refractivity contribution in [3.05, 3.63) is 70.3 Å². The third kappa shape index (κ3) is 4.79. The van der Waals surface area contributed by atoms with Crippen LogP contribution in [0.5, 0.6) is 5.75 Å². The number of carbonyl (C=O) groups is 1. The van der Waals surface area contributed by atoms with Crippen LogP contribution in [0.15, 0.2) is 61.2 Å². The molecular weight excluding hydrogens is 431 g/mol. The Kier molecular flexibility index (Phi) is 5.64. The van der Waals surface area contributed by atoms with Gasteiger partial charge in [-0.3, -0.25) is 4.79 Å². The number of rotatable bonds is 6. The van der Waals surface area contributed by atoms with Crippen molar-refractivity contribution in [1.29, 1.82) is 0 Å². The minimum atomic E-state index is -0.161. The third-order valence-electron chi connectivity index (χ3n) is 3.64. The van der Waals surface area contributed by atoms with Gasteiger partial charge in [0, 0.05) is 3.57 Å². The lowest BCUT2D eigenvalue weighted by molar-refractivity contribution is -0.123. The van der Waals surface area contributed by atoms with Crippen LogP contribution in [0.2, 0.25) is 0 Å². The lowest BCUT2D eigenvalue weighted by Gasteiger charge is -2.15. The van der Waals surface area contributed by atoms with E-state index in [4.69, 9.17) is 4.74 Å². The highest BCUT2D eigenvalue weighted by Crippen LogP contribution is 2.16. The summed E-state index contributed by atoms with van der Waals surface area (Å²) in [5.74, 6) is 0.520. The molecule has 0 aliphatic carbocycles. The maximum Gasteiger partial charge on any atom is 0.258 e. The fraction of sp³-hybridized carbons (Fsp3) is 0.167. The average Bonchev–Trinajstić information content (AvgIpc) is 3.16. The first kappa shape index (κ1) is 17.4. The zero-order valence-corrected chi connectivity index (χ0v) is 15.8. The van der Waals surface area contributed by atoms with Crippen molar-refractivity contribution < 1.29 is 9.53 Å². The van der Waals surface area contributed by atoms with Crippen molar-refractivity contribution in [2.45, 2.75) is 13.0 Å². The maximum atomic E-state index is 12.1. The quantitative estimate of drug-likeness (QED) is 0.589. The number of benzene rings is 2. The Balaban J connectivity index is 1.53. The molecule has 0 aliphatic rings. The SMILES string of the molecule is CC(NC(=O)COc1ccc(I)cc1)c1ccc(-n2cncn2)cc1. The van der Waals surface area contributed by atoms with Gasteiger partial charge in [-0.25, -0.2) is 9.67 Å². The zero-order valence-electron chi connectivity index (χ0n) is 13.6. The summed E-state index contributed by atoms with van der Waals surface area (Å²) in [6.45, 7) is 1.93. The average molecular weight is 448 g/mol. The van der Waals surface area contributed by atoms with Crippen molar-refractivity contribution in [2.24, 2.45) is 0 Å². The first-order valence-electron chi connectivity index (χ1n) is 7.74. The zero-order chi connectivity index (χ0) is 17.6. The van der Waals surface area contributed by atoms with Crippen molar-refractivity contribution in [3.8, 4) is 11.4 Å². The monoisotopic (exact) mass is 448 g/mol. The number of nitrogens with one attached hydrogen (secondary N) is 1. The van der Waals surface area contributed by atoms with Gasteiger partial charge in [-0.2, -0.15) is 5.10 Å². The van der Waals surface area contributed by atoms with E-state index in [0.29, 0.717) is 5.75 Å². The van der Waals surface area contributed by atoms with Crippen LogP contribution in [0.3, 0.4) is 0 Å². The molecule has 1 unspecified atom stereocenters. The molecule has 1 N–H and O–H groups in total. The molecule has 0 bridgehead atoms. The molecule has 0 radical (unpaired) electrons. The largest absolute Gasteiger partial charge is 0.484 e. The first-order chi connectivity index (χ1) is 12.1. The summed E-state index contributed by atoms with van der Waals surface area (Å²) in [7, 11) is 0. The Labute approximate surface area is 159 Å². The fourth-order valence-corrected chi connectivity index (χ4v) is 2.66. The number of hydrogen-bond acceptors (Lipinski definition) is 4. The van der Waals surface area contributed by atoms with Gasteiger partial charge >= 0.3 is 0 Å². The van der Waals surface area contributed by atoms with E-state index in [1.54, 1.807) is 11.0 Å². The number of aromatic nitrogens is 3. The number of halogens is 1. The molecule has 0 saturated carbocycles. The van der Waals surface area contributed by atoms with Gasteiger partial charge in [0.25, 0.3) is 5.91 Å². The molecule has 0 spiro atoms. The number of ether oxygens (including phenoxy) is 1. The molecule has 7 heteroatoms. The van der Waals surface area contributed by atoms with Gasteiger partial charge in [0.2, 0.25) is 0 Å². The number of nitrogens with zero attached hydrogens (tertiary/aromatic N) is 3. The highest BCUT2D eigenvalue weighted by molar-refractivity contribution is 14.1. The van der Waals surface area contributed by atoms with Gasteiger partial charge in [-0.15, -0.1) is 0 Å². The standard InChI is InChI=1S/C18H17IN4O2/c1-13(14-2-6-16(7-3-14)23-12-20-11-21-23)22-18(24)10-25-17-8-4-15(19)5-9-17/h2-9,11-13H,10H2,1H3,(H,22,24). The van der Waals surface area contributed by atoms with E-state index in [9.17, 15) is 4.79 Å². The molecule has 0 fully saturated rings. The van der Waals surface area contributed by atoms with Crippen molar-refractivity contribution in [2.75, 3.05) is 6.61 Å². The van der Waals surface area contributed by atoms with E-state index in [1.807, 2.05) is 55.5 Å². The van der Waals surface area contributed by atoms with Crippen molar-refractivity contribution >= 4 is 28.5 Å². The number of carbonyl (C=O) groups excluding carboxylic acids is 1. The van der Waals surface area contributed by atoms with Crippen LogP contribution in [-0.2, 0) is 4.79 Å². The van der Waals surface area contributed by atoms with E-state index in [2.05, 4.69) is 38.0 Å². The van der Waals surface area contributed by atoms with Gasteiger partial charge in [0.1, 0.15) is 18.4 Å². The van der Waals surface area contributed by atoms with Gasteiger partial charge in [-0.1, -0.05) is 12.1 Å².